The van der Waals surface area contributed by atoms with E-state index < -0.39 is 5.97 Å². The van der Waals surface area contributed by atoms with E-state index in [0.717, 1.165) is 29.9 Å². The molecule has 0 saturated heterocycles. The number of aryl methyl sites for hydroxylation is 3. The number of aromatic carboxylic acids is 1. The summed E-state index contributed by atoms with van der Waals surface area (Å²) in [6.07, 6.45) is 2.37. The second kappa shape index (κ2) is 5.86. The number of pyridine rings is 1. The Hall–Kier alpha value is -2.17. The zero-order valence-corrected chi connectivity index (χ0v) is 12.1. The van der Waals surface area contributed by atoms with E-state index in [1.54, 1.807) is 16.8 Å². The van der Waals surface area contributed by atoms with Crippen LogP contribution in [0.1, 0.15) is 48.2 Å². The number of carboxylic acid groups (broad SMARTS) is 1. The summed E-state index contributed by atoms with van der Waals surface area (Å²) in [5, 5.41) is 13.7. The molecule has 1 N–H and O–H groups in total. The summed E-state index contributed by atoms with van der Waals surface area (Å²) < 4.78 is 1.75. The van der Waals surface area contributed by atoms with Gasteiger partial charge in [-0.1, -0.05) is 20.8 Å². The summed E-state index contributed by atoms with van der Waals surface area (Å²) in [6.45, 7) is 6.05. The third kappa shape index (κ3) is 2.71. The Kier molecular flexibility index (Phi) is 4.17. The van der Waals surface area contributed by atoms with E-state index in [1.807, 2.05) is 19.9 Å². The van der Waals surface area contributed by atoms with Crippen molar-refractivity contribution in [3.05, 3.63) is 40.8 Å². The molecule has 2 aromatic heterocycles. The SMILES string of the molecule is CCc1cc(C(=O)O)cc(-n2nc(CC)cc2CC)n1. The number of hydrogen-bond acceptors (Lipinski definition) is 3. The first-order chi connectivity index (χ1) is 9.58. The van der Waals surface area contributed by atoms with Gasteiger partial charge in [0.05, 0.1) is 11.3 Å². The lowest BCUT2D eigenvalue weighted by Crippen LogP contribution is -2.09. The van der Waals surface area contributed by atoms with Gasteiger partial charge in [-0.05, 0) is 37.5 Å². The second-order valence-electron chi connectivity index (χ2n) is 4.61. The van der Waals surface area contributed by atoms with Gasteiger partial charge in [0.15, 0.2) is 5.82 Å². The molecule has 0 aliphatic carbocycles. The van der Waals surface area contributed by atoms with Crippen LogP contribution in [-0.4, -0.2) is 25.8 Å². The molecule has 0 atom stereocenters. The number of nitrogens with zero attached hydrogens (tertiary/aromatic N) is 3. The molecule has 5 nitrogen and oxygen atoms in total. The summed E-state index contributed by atoms with van der Waals surface area (Å²) in [7, 11) is 0. The Morgan fingerprint density at radius 1 is 1.10 bits per heavy atom. The molecular formula is C15H19N3O2. The van der Waals surface area contributed by atoms with Gasteiger partial charge < -0.3 is 5.11 Å². The van der Waals surface area contributed by atoms with E-state index in [9.17, 15) is 9.90 Å². The van der Waals surface area contributed by atoms with Crippen molar-refractivity contribution in [3.8, 4) is 5.82 Å². The van der Waals surface area contributed by atoms with Crippen molar-refractivity contribution < 1.29 is 9.90 Å². The highest BCUT2D eigenvalue weighted by Crippen LogP contribution is 2.15. The Labute approximate surface area is 118 Å². The largest absolute Gasteiger partial charge is 0.478 e. The average Bonchev–Trinajstić information content (AvgIpc) is 2.90. The van der Waals surface area contributed by atoms with Gasteiger partial charge >= 0.3 is 5.97 Å². The predicted molar refractivity (Wildman–Crippen MR) is 76.5 cm³/mol. The topological polar surface area (TPSA) is 68.0 Å². The smallest absolute Gasteiger partial charge is 0.335 e. The molecule has 0 spiro atoms. The van der Waals surface area contributed by atoms with E-state index in [1.165, 1.54) is 0 Å². The third-order valence-electron chi connectivity index (χ3n) is 3.25. The van der Waals surface area contributed by atoms with Crippen molar-refractivity contribution in [1.82, 2.24) is 14.8 Å². The maximum absolute atomic E-state index is 11.2. The second-order valence-corrected chi connectivity index (χ2v) is 4.61. The number of rotatable bonds is 5. The van der Waals surface area contributed by atoms with Gasteiger partial charge in [0.1, 0.15) is 0 Å². The molecule has 0 radical (unpaired) electrons. The Morgan fingerprint density at radius 2 is 1.80 bits per heavy atom. The fourth-order valence-electron chi connectivity index (χ4n) is 2.08. The molecule has 0 unspecified atom stereocenters. The van der Waals surface area contributed by atoms with Crippen molar-refractivity contribution in [2.24, 2.45) is 0 Å². The van der Waals surface area contributed by atoms with Crippen LogP contribution >= 0.6 is 0 Å². The zero-order valence-electron chi connectivity index (χ0n) is 12.1. The van der Waals surface area contributed by atoms with Gasteiger partial charge in [0, 0.05) is 11.4 Å². The third-order valence-corrected chi connectivity index (χ3v) is 3.25. The minimum atomic E-state index is -0.940. The van der Waals surface area contributed by atoms with Gasteiger partial charge in [0.25, 0.3) is 0 Å². The van der Waals surface area contributed by atoms with Crippen molar-refractivity contribution in [2.75, 3.05) is 0 Å². The highest BCUT2D eigenvalue weighted by molar-refractivity contribution is 5.88. The van der Waals surface area contributed by atoms with E-state index >= 15 is 0 Å². The molecule has 0 fully saturated rings. The van der Waals surface area contributed by atoms with Gasteiger partial charge in [-0.3, -0.25) is 0 Å². The summed E-state index contributed by atoms with van der Waals surface area (Å²) in [5.74, 6) is -0.359. The fraction of sp³-hybridized carbons (Fsp3) is 0.400. The highest BCUT2D eigenvalue weighted by Gasteiger charge is 2.13. The quantitative estimate of drug-likeness (QED) is 0.909. The summed E-state index contributed by atoms with van der Waals surface area (Å²) in [6, 6.07) is 5.23. The minimum absolute atomic E-state index is 0.252. The van der Waals surface area contributed by atoms with Gasteiger partial charge in [0.2, 0.25) is 0 Å². The molecule has 0 bridgehead atoms. The molecule has 2 rings (SSSR count). The predicted octanol–water partition coefficient (Wildman–Crippen LogP) is 2.65. The standard InChI is InChI=1S/C15H19N3O2/c1-4-11-7-10(15(19)20)8-14(16-11)18-13(6-3)9-12(5-2)17-18/h7-9H,4-6H2,1-3H3,(H,19,20). The Morgan fingerprint density at radius 3 is 2.35 bits per heavy atom. The van der Waals surface area contributed by atoms with Crippen LogP contribution in [-0.2, 0) is 19.3 Å². The zero-order chi connectivity index (χ0) is 14.7. The van der Waals surface area contributed by atoms with Crippen LogP contribution in [0, 0.1) is 0 Å². The molecule has 0 amide bonds. The van der Waals surface area contributed by atoms with E-state index in [0.29, 0.717) is 12.2 Å². The highest BCUT2D eigenvalue weighted by atomic mass is 16.4. The minimum Gasteiger partial charge on any atom is -0.478 e. The Balaban J connectivity index is 2.59. The lowest BCUT2D eigenvalue weighted by molar-refractivity contribution is 0.0696. The maximum atomic E-state index is 11.2. The first kappa shape index (κ1) is 14.2. The van der Waals surface area contributed by atoms with Gasteiger partial charge in [-0.2, -0.15) is 5.10 Å². The molecule has 0 aliphatic rings. The van der Waals surface area contributed by atoms with Crippen LogP contribution in [0.2, 0.25) is 0 Å². The molecular weight excluding hydrogens is 254 g/mol. The van der Waals surface area contributed by atoms with Crippen LogP contribution in [0.15, 0.2) is 18.2 Å². The molecule has 20 heavy (non-hydrogen) atoms. The molecule has 2 aromatic rings. The monoisotopic (exact) mass is 273 g/mol. The van der Waals surface area contributed by atoms with Crippen molar-refractivity contribution in [3.63, 3.8) is 0 Å². The van der Waals surface area contributed by atoms with E-state index in [2.05, 4.69) is 17.0 Å². The van der Waals surface area contributed by atoms with Crippen LogP contribution in [0.4, 0.5) is 0 Å². The van der Waals surface area contributed by atoms with Crippen molar-refractivity contribution >= 4 is 5.97 Å². The lowest BCUT2D eigenvalue weighted by Gasteiger charge is -2.08. The van der Waals surface area contributed by atoms with E-state index in [4.69, 9.17) is 0 Å². The van der Waals surface area contributed by atoms with Crippen molar-refractivity contribution in [1.29, 1.82) is 0 Å². The molecule has 0 aromatic carbocycles. The molecule has 106 valence electrons. The van der Waals surface area contributed by atoms with Crippen molar-refractivity contribution in [2.45, 2.75) is 40.0 Å². The van der Waals surface area contributed by atoms with Gasteiger partial charge in [-0.25, -0.2) is 14.5 Å². The van der Waals surface area contributed by atoms with Crippen LogP contribution in [0.5, 0.6) is 0 Å². The summed E-state index contributed by atoms with van der Waals surface area (Å²) >= 11 is 0. The first-order valence-corrected chi connectivity index (χ1v) is 6.91. The van der Waals surface area contributed by atoms with Gasteiger partial charge in [-0.15, -0.1) is 0 Å². The fourth-order valence-corrected chi connectivity index (χ4v) is 2.08. The number of hydrogen-bond donors (Lipinski definition) is 1. The van der Waals surface area contributed by atoms with Crippen LogP contribution in [0.3, 0.4) is 0 Å². The average molecular weight is 273 g/mol. The maximum Gasteiger partial charge on any atom is 0.335 e. The number of carbonyl (C=O) groups is 1. The molecule has 2 heterocycles. The number of aromatic nitrogens is 3. The normalized spacial score (nSPS) is 10.8. The Bertz CT molecular complexity index is 632. The summed E-state index contributed by atoms with van der Waals surface area (Å²) in [4.78, 5) is 15.7. The number of carboxylic acids is 1. The lowest BCUT2D eigenvalue weighted by atomic mass is 10.2. The molecule has 5 heteroatoms. The molecule has 0 saturated carbocycles. The van der Waals surface area contributed by atoms with Crippen LogP contribution in [0.25, 0.3) is 5.82 Å². The first-order valence-electron chi connectivity index (χ1n) is 6.91. The summed E-state index contributed by atoms with van der Waals surface area (Å²) in [5.41, 5.74) is 3.04. The van der Waals surface area contributed by atoms with E-state index in [-0.39, 0.29) is 5.56 Å². The molecule has 0 aliphatic heterocycles. The van der Waals surface area contributed by atoms with Crippen LogP contribution < -0.4 is 0 Å².